The van der Waals surface area contributed by atoms with Crippen LogP contribution in [0.2, 0.25) is 0 Å². The lowest BCUT2D eigenvalue weighted by atomic mass is 9.88. The number of alkyl carbamates (subject to hydrolysis) is 1. The SMILES string of the molecule is CC(C)(C)OC(=O)NCCc1cn(C2CC(N)C2)nn1. The van der Waals surface area contributed by atoms with Crippen molar-refractivity contribution in [1.29, 1.82) is 0 Å². The molecule has 0 radical (unpaired) electrons. The summed E-state index contributed by atoms with van der Waals surface area (Å²) in [5, 5.41) is 10.9. The Hall–Kier alpha value is -1.63. The van der Waals surface area contributed by atoms with Gasteiger partial charge < -0.3 is 15.8 Å². The average molecular weight is 281 g/mol. The lowest BCUT2D eigenvalue weighted by molar-refractivity contribution is 0.0528. The number of nitrogens with one attached hydrogen (secondary N) is 1. The number of ether oxygens (including phenoxy) is 1. The Morgan fingerprint density at radius 1 is 1.55 bits per heavy atom. The quantitative estimate of drug-likeness (QED) is 0.858. The largest absolute Gasteiger partial charge is 0.444 e. The van der Waals surface area contributed by atoms with E-state index in [2.05, 4.69) is 15.6 Å². The summed E-state index contributed by atoms with van der Waals surface area (Å²) in [6, 6.07) is 0.673. The van der Waals surface area contributed by atoms with Crippen molar-refractivity contribution in [3.8, 4) is 0 Å². The second kappa shape index (κ2) is 5.78. The molecule has 1 amide bonds. The number of carbonyl (C=O) groups excluding carboxylic acids is 1. The van der Waals surface area contributed by atoms with Crippen molar-refractivity contribution in [2.24, 2.45) is 5.73 Å². The molecule has 0 aliphatic heterocycles. The molecule has 1 heterocycles. The number of hydrogen-bond acceptors (Lipinski definition) is 5. The minimum atomic E-state index is -0.476. The lowest BCUT2D eigenvalue weighted by Crippen LogP contribution is -2.37. The Morgan fingerprint density at radius 3 is 2.85 bits per heavy atom. The molecule has 0 spiro atoms. The highest BCUT2D eigenvalue weighted by Gasteiger charge is 2.28. The molecule has 1 saturated carbocycles. The van der Waals surface area contributed by atoms with Gasteiger partial charge in [0.1, 0.15) is 5.60 Å². The third-order valence-corrected chi connectivity index (χ3v) is 3.13. The van der Waals surface area contributed by atoms with Crippen LogP contribution in [0.25, 0.3) is 0 Å². The van der Waals surface area contributed by atoms with Crippen LogP contribution in [0.15, 0.2) is 6.20 Å². The molecule has 1 fully saturated rings. The first kappa shape index (κ1) is 14.8. The van der Waals surface area contributed by atoms with Crippen LogP contribution < -0.4 is 11.1 Å². The van der Waals surface area contributed by atoms with Crippen LogP contribution in [0.5, 0.6) is 0 Å². The molecular formula is C13H23N5O2. The fourth-order valence-corrected chi connectivity index (χ4v) is 2.06. The molecule has 0 unspecified atom stereocenters. The Labute approximate surface area is 118 Å². The van der Waals surface area contributed by atoms with E-state index >= 15 is 0 Å². The number of hydrogen-bond donors (Lipinski definition) is 2. The minimum Gasteiger partial charge on any atom is -0.444 e. The molecule has 0 aromatic carbocycles. The van der Waals surface area contributed by atoms with Crippen molar-refractivity contribution in [1.82, 2.24) is 20.3 Å². The van der Waals surface area contributed by atoms with Gasteiger partial charge in [0.15, 0.2) is 0 Å². The molecule has 0 bridgehead atoms. The van der Waals surface area contributed by atoms with Crippen LogP contribution in [-0.4, -0.2) is 39.3 Å². The Bertz CT molecular complexity index is 460. The van der Waals surface area contributed by atoms with E-state index in [1.807, 2.05) is 31.6 Å². The van der Waals surface area contributed by atoms with Gasteiger partial charge >= 0.3 is 6.09 Å². The second-order valence-corrected chi connectivity index (χ2v) is 6.25. The zero-order valence-electron chi connectivity index (χ0n) is 12.3. The van der Waals surface area contributed by atoms with E-state index in [9.17, 15) is 4.79 Å². The Morgan fingerprint density at radius 2 is 2.25 bits per heavy atom. The average Bonchev–Trinajstić information content (AvgIpc) is 2.70. The maximum atomic E-state index is 11.5. The summed E-state index contributed by atoms with van der Waals surface area (Å²) in [6.45, 7) is 5.99. The van der Waals surface area contributed by atoms with Crippen molar-refractivity contribution in [2.45, 2.75) is 57.7 Å². The molecule has 3 N–H and O–H groups in total. The van der Waals surface area contributed by atoms with Crippen molar-refractivity contribution < 1.29 is 9.53 Å². The summed E-state index contributed by atoms with van der Waals surface area (Å²) in [5.74, 6) is 0. The van der Waals surface area contributed by atoms with E-state index in [0.717, 1.165) is 18.5 Å². The number of nitrogens with two attached hydrogens (primary N) is 1. The standard InChI is InChI=1S/C13H23N5O2/c1-13(2,3)20-12(19)15-5-4-10-8-18(17-16-10)11-6-9(14)7-11/h8-9,11H,4-7,14H2,1-3H3,(H,15,19). The van der Waals surface area contributed by atoms with E-state index in [1.165, 1.54) is 0 Å². The lowest BCUT2D eigenvalue weighted by Gasteiger charge is -2.31. The molecule has 1 aliphatic carbocycles. The molecular weight excluding hydrogens is 258 g/mol. The third-order valence-electron chi connectivity index (χ3n) is 3.13. The summed E-state index contributed by atoms with van der Waals surface area (Å²) in [5.41, 5.74) is 6.14. The van der Waals surface area contributed by atoms with Crippen LogP contribution in [0.1, 0.15) is 45.3 Å². The summed E-state index contributed by atoms with van der Waals surface area (Å²) in [6.07, 6.45) is 4.07. The van der Waals surface area contributed by atoms with Crippen molar-refractivity contribution in [2.75, 3.05) is 6.54 Å². The Balaban J connectivity index is 1.71. The maximum absolute atomic E-state index is 11.5. The normalized spacial score (nSPS) is 22.2. The predicted molar refractivity (Wildman–Crippen MR) is 74.2 cm³/mol. The smallest absolute Gasteiger partial charge is 0.407 e. The van der Waals surface area contributed by atoms with E-state index in [1.54, 1.807) is 0 Å². The first-order chi connectivity index (χ1) is 9.33. The van der Waals surface area contributed by atoms with Crippen LogP contribution in [0, 0.1) is 0 Å². The third kappa shape index (κ3) is 4.19. The molecule has 1 aliphatic rings. The van der Waals surface area contributed by atoms with Crippen LogP contribution >= 0.6 is 0 Å². The summed E-state index contributed by atoms with van der Waals surface area (Å²) in [7, 11) is 0. The van der Waals surface area contributed by atoms with E-state index < -0.39 is 11.7 Å². The van der Waals surface area contributed by atoms with Gasteiger partial charge in [0.2, 0.25) is 0 Å². The van der Waals surface area contributed by atoms with Gasteiger partial charge in [-0.05, 0) is 33.6 Å². The summed E-state index contributed by atoms with van der Waals surface area (Å²) >= 11 is 0. The van der Waals surface area contributed by atoms with Crippen LogP contribution in [0.3, 0.4) is 0 Å². The molecule has 1 aromatic rings. The predicted octanol–water partition coefficient (Wildman–Crippen LogP) is 1.01. The van der Waals surface area contributed by atoms with Gasteiger partial charge in [0.25, 0.3) is 0 Å². The van der Waals surface area contributed by atoms with Crippen molar-refractivity contribution in [3.63, 3.8) is 0 Å². The molecule has 112 valence electrons. The highest BCUT2D eigenvalue weighted by molar-refractivity contribution is 5.67. The zero-order valence-corrected chi connectivity index (χ0v) is 12.3. The number of amides is 1. The number of carbonyl (C=O) groups is 1. The molecule has 2 rings (SSSR count). The highest BCUT2D eigenvalue weighted by Crippen LogP contribution is 2.29. The monoisotopic (exact) mass is 281 g/mol. The van der Waals surface area contributed by atoms with Crippen molar-refractivity contribution >= 4 is 6.09 Å². The van der Waals surface area contributed by atoms with E-state index in [-0.39, 0.29) is 0 Å². The summed E-state index contributed by atoms with van der Waals surface area (Å²) in [4.78, 5) is 11.5. The maximum Gasteiger partial charge on any atom is 0.407 e. The first-order valence-electron chi connectivity index (χ1n) is 6.96. The van der Waals surface area contributed by atoms with Crippen LogP contribution in [-0.2, 0) is 11.2 Å². The van der Waals surface area contributed by atoms with Gasteiger partial charge in [0.05, 0.1) is 11.7 Å². The topological polar surface area (TPSA) is 95.1 Å². The van der Waals surface area contributed by atoms with Gasteiger partial charge in [0, 0.05) is 25.2 Å². The minimum absolute atomic E-state index is 0.293. The fourth-order valence-electron chi connectivity index (χ4n) is 2.06. The molecule has 0 atom stereocenters. The van der Waals surface area contributed by atoms with Gasteiger partial charge in [-0.3, -0.25) is 0 Å². The number of rotatable bonds is 4. The van der Waals surface area contributed by atoms with Gasteiger partial charge in [-0.25, -0.2) is 9.48 Å². The van der Waals surface area contributed by atoms with Gasteiger partial charge in [-0.2, -0.15) is 0 Å². The molecule has 7 nitrogen and oxygen atoms in total. The fraction of sp³-hybridized carbons (Fsp3) is 0.769. The second-order valence-electron chi connectivity index (χ2n) is 6.25. The summed E-state index contributed by atoms with van der Waals surface area (Å²) < 4.78 is 7.02. The molecule has 1 aromatic heterocycles. The number of nitrogens with zero attached hydrogens (tertiary/aromatic N) is 3. The first-order valence-corrected chi connectivity index (χ1v) is 6.96. The molecule has 20 heavy (non-hydrogen) atoms. The Kier molecular flexibility index (Phi) is 4.27. The van der Waals surface area contributed by atoms with Gasteiger partial charge in [-0.1, -0.05) is 5.21 Å². The van der Waals surface area contributed by atoms with Gasteiger partial charge in [-0.15, -0.1) is 5.10 Å². The van der Waals surface area contributed by atoms with E-state index in [0.29, 0.717) is 25.0 Å². The number of aromatic nitrogens is 3. The molecule has 0 saturated heterocycles. The van der Waals surface area contributed by atoms with Crippen molar-refractivity contribution in [3.05, 3.63) is 11.9 Å². The zero-order chi connectivity index (χ0) is 14.8. The van der Waals surface area contributed by atoms with E-state index in [4.69, 9.17) is 10.5 Å². The van der Waals surface area contributed by atoms with Crippen LogP contribution in [0.4, 0.5) is 4.79 Å². The highest BCUT2D eigenvalue weighted by atomic mass is 16.6. The molecule has 7 heteroatoms.